The summed E-state index contributed by atoms with van der Waals surface area (Å²) in [6.45, 7) is 3.25. The Kier molecular flexibility index (Phi) is 7.09. The largest absolute Gasteiger partial charge is 0.315 e. The van der Waals surface area contributed by atoms with Crippen LogP contribution in [-0.4, -0.2) is 23.1 Å². The number of amides is 2. The zero-order valence-corrected chi connectivity index (χ0v) is 15.0. The van der Waals surface area contributed by atoms with Gasteiger partial charge in [-0.3, -0.25) is 15.0 Å². The second kappa shape index (κ2) is 9.53. The monoisotopic (exact) mass is 359 g/mol. The van der Waals surface area contributed by atoms with Crippen molar-refractivity contribution in [2.75, 3.05) is 10.7 Å². The molecule has 2 amide bonds. The molecule has 1 aromatic heterocycles. The van der Waals surface area contributed by atoms with Crippen LogP contribution in [0.25, 0.3) is 0 Å². The first-order chi connectivity index (χ1) is 12.1. The quantitative estimate of drug-likeness (QED) is 0.384. The maximum absolute atomic E-state index is 11.1. The van der Waals surface area contributed by atoms with Gasteiger partial charge in [0.1, 0.15) is 6.34 Å². The van der Waals surface area contributed by atoms with Gasteiger partial charge >= 0.3 is 0 Å². The maximum atomic E-state index is 11.1. The zero-order valence-electron chi connectivity index (χ0n) is 14.2. The SMILES string of the molecule is CCC(=O)N/C=N/Nc1ccc(CCc2csc(NC(C)=O)n2)cc1. The fourth-order valence-electron chi connectivity index (χ4n) is 1.96. The van der Waals surface area contributed by atoms with Crippen LogP contribution in [0.3, 0.4) is 0 Å². The smallest absolute Gasteiger partial charge is 0.224 e. The molecule has 0 bridgehead atoms. The third-order valence-electron chi connectivity index (χ3n) is 3.26. The molecular weight excluding hydrogens is 338 g/mol. The Bertz CT molecular complexity index is 740. The van der Waals surface area contributed by atoms with Crippen molar-refractivity contribution in [1.29, 1.82) is 0 Å². The molecule has 8 heteroatoms. The molecule has 0 aliphatic carbocycles. The molecule has 1 heterocycles. The van der Waals surface area contributed by atoms with E-state index < -0.39 is 0 Å². The van der Waals surface area contributed by atoms with Crippen LogP contribution in [0.15, 0.2) is 34.7 Å². The highest BCUT2D eigenvalue weighted by molar-refractivity contribution is 7.13. The fraction of sp³-hybridized carbons (Fsp3) is 0.294. The topological polar surface area (TPSA) is 95.5 Å². The number of carbonyl (C=O) groups excluding carboxylic acids is 2. The molecule has 0 saturated carbocycles. The molecule has 0 unspecified atom stereocenters. The lowest BCUT2D eigenvalue weighted by atomic mass is 10.1. The van der Waals surface area contributed by atoms with Crippen molar-refractivity contribution in [3.8, 4) is 0 Å². The average molecular weight is 359 g/mol. The van der Waals surface area contributed by atoms with Gasteiger partial charge in [0.05, 0.1) is 11.4 Å². The first-order valence-electron chi connectivity index (χ1n) is 7.94. The molecule has 0 aliphatic heterocycles. The highest BCUT2D eigenvalue weighted by Gasteiger charge is 2.04. The number of nitrogens with zero attached hydrogens (tertiary/aromatic N) is 2. The van der Waals surface area contributed by atoms with Gasteiger partial charge in [-0.15, -0.1) is 11.3 Å². The second-order valence-electron chi connectivity index (χ2n) is 5.31. The van der Waals surface area contributed by atoms with Gasteiger partial charge in [-0.2, -0.15) is 5.10 Å². The third-order valence-corrected chi connectivity index (χ3v) is 4.07. The Morgan fingerprint density at radius 3 is 2.68 bits per heavy atom. The van der Waals surface area contributed by atoms with Crippen molar-refractivity contribution in [3.05, 3.63) is 40.9 Å². The van der Waals surface area contributed by atoms with E-state index in [4.69, 9.17) is 0 Å². The van der Waals surface area contributed by atoms with Gasteiger partial charge in [0.25, 0.3) is 0 Å². The zero-order chi connectivity index (χ0) is 18.1. The number of hydrazone groups is 1. The maximum Gasteiger partial charge on any atom is 0.224 e. The lowest BCUT2D eigenvalue weighted by Crippen LogP contribution is -2.20. The first-order valence-corrected chi connectivity index (χ1v) is 8.82. The summed E-state index contributed by atoms with van der Waals surface area (Å²) in [4.78, 5) is 26.4. The number of anilines is 2. The predicted octanol–water partition coefficient (Wildman–Crippen LogP) is 2.77. The Morgan fingerprint density at radius 1 is 1.24 bits per heavy atom. The molecule has 25 heavy (non-hydrogen) atoms. The lowest BCUT2D eigenvalue weighted by Gasteiger charge is -2.03. The molecule has 0 fully saturated rings. The van der Waals surface area contributed by atoms with Gasteiger partial charge < -0.3 is 10.6 Å². The van der Waals surface area contributed by atoms with Gasteiger partial charge in [-0.05, 0) is 30.5 Å². The molecule has 0 spiro atoms. The third kappa shape index (κ3) is 6.72. The van der Waals surface area contributed by atoms with Crippen LogP contribution in [0.1, 0.15) is 31.5 Å². The Balaban J connectivity index is 1.79. The minimum atomic E-state index is -0.110. The number of aryl methyl sites for hydroxylation is 2. The summed E-state index contributed by atoms with van der Waals surface area (Å²) in [5.41, 5.74) is 5.84. The molecule has 2 aromatic rings. The van der Waals surface area contributed by atoms with E-state index in [9.17, 15) is 9.59 Å². The van der Waals surface area contributed by atoms with E-state index in [1.807, 2.05) is 29.6 Å². The minimum absolute atomic E-state index is 0.0791. The molecule has 1 aromatic carbocycles. The molecule has 0 radical (unpaired) electrons. The van der Waals surface area contributed by atoms with Crippen molar-refractivity contribution in [3.63, 3.8) is 0 Å². The molecule has 0 saturated heterocycles. The molecule has 3 N–H and O–H groups in total. The van der Waals surface area contributed by atoms with Crippen LogP contribution in [0.5, 0.6) is 0 Å². The lowest BCUT2D eigenvalue weighted by molar-refractivity contribution is -0.119. The number of hydrogen-bond donors (Lipinski definition) is 3. The van der Waals surface area contributed by atoms with Crippen molar-refractivity contribution in [2.24, 2.45) is 5.10 Å². The summed E-state index contributed by atoms with van der Waals surface area (Å²) in [6, 6.07) is 7.89. The van der Waals surface area contributed by atoms with E-state index >= 15 is 0 Å². The minimum Gasteiger partial charge on any atom is -0.315 e. The van der Waals surface area contributed by atoms with Gasteiger partial charge in [0, 0.05) is 18.7 Å². The summed E-state index contributed by atoms with van der Waals surface area (Å²) in [5, 5.41) is 11.7. The van der Waals surface area contributed by atoms with Gasteiger partial charge in [-0.25, -0.2) is 4.98 Å². The summed E-state index contributed by atoms with van der Waals surface area (Å²) in [5.74, 6) is -0.189. The molecule has 0 atom stereocenters. The van der Waals surface area contributed by atoms with E-state index in [2.05, 4.69) is 26.1 Å². The second-order valence-corrected chi connectivity index (χ2v) is 6.17. The number of nitrogens with one attached hydrogen (secondary N) is 3. The van der Waals surface area contributed by atoms with Gasteiger partial charge in [-0.1, -0.05) is 19.1 Å². The van der Waals surface area contributed by atoms with Crippen LogP contribution in [-0.2, 0) is 22.4 Å². The van der Waals surface area contributed by atoms with E-state index in [1.165, 1.54) is 30.2 Å². The number of carbonyl (C=O) groups is 2. The van der Waals surface area contributed by atoms with Crippen LogP contribution >= 0.6 is 11.3 Å². The van der Waals surface area contributed by atoms with E-state index in [0.29, 0.717) is 11.6 Å². The van der Waals surface area contributed by atoms with Crippen LogP contribution in [0.4, 0.5) is 10.8 Å². The van der Waals surface area contributed by atoms with Crippen molar-refractivity contribution < 1.29 is 9.59 Å². The molecule has 132 valence electrons. The van der Waals surface area contributed by atoms with Crippen molar-refractivity contribution in [2.45, 2.75) is 33.1 Å². The number of benzene rings is 1. The Morgan fingerprint density at radius 2 is 2.00 bits per heavy atom. The number of hydrogen-bond acceptors (Lipinski definition) is 6. The molecule has 7 nitrogen and oxygen atoms in total. The normalized spacial score (nSPS) is 10.6. The number of thiazole rings is 1. The summed E-state index contributed by atoms with van der Waals surface area (Å²) in [7, 11) is 0. The summed E-state index contributed by atoms with van der Waals surface area (Å²) < 4.78 is 0. The standard InChI is InChI=1S/C17H21N5O2S/c1-3-16(24)18-11-19-22-14-7-4-13(5-8-14)6-9-15-10-25-17(21-15)20-12(2)23/h4-5,7-8,10-11,22H,3,6,9H2,1-2H3,(H,18,19,24)(H,20,21,23). The Hall–Kier alpha value is -2.74. The van der Waals surface area contributed by atoms with Crippen LogP contribution in [0.2, 0.25) is 0 Å². The molecular formula is C17H21N5O2S. The van der Waals surface area contributed by atoms with E-state index in [0.717, 1.165) is 24.2 Å². The van der Waals surface area contributed by atoms with Crippen LogP contribution < -0.4 is 16.1 Å². The van der Waals surface area contributed by atoms with Crippen molar-refractivity contribution in [1.82, 2.24) is 10.3 Å². The van der Waals surface area contributed by atoms with Gasteiger partial charge in [0.2, 0.25) is 11.8 Å². The molecule has 2 rings (SSSR count). The molecule has 0 aliphatic rings. The van der Waals surface area contributed by atoms with Gasteiger partial charge in [0.15, 0.2) is 5.13 Å². The highest BCUT2D eigenvalue weighted by atomic mass is 32.1. The summed E-state index contributed by atoms with van der Waals surface area (Å²) >= 11 is 1.43. The van der Waals surface area contributed by atoms with E-state index in [1.54, 1.807) is 6.92 Å². The predicted molar refractivity (Wildman–Crippen MR) is 101 cm³/mol. The average Bonchev–Trinajstić information content (AvgIpc) is 3.04. The van der Waals surface area contributed by atoms with E-state index in [-0.39, 0.29) is 11.8 Å². The van der Waals surface area contributed by atoms with Crippen molar-refractivity contribution >= 4 is 40.3 Å². The Labute approximate surface area is 150 Å². The first kappa shape index (κ1) is 18.6. The number of aromatic nitrogens is 1. The fourth-order valence-corrected chi connectivity index (χ4v) is 2.75. The summed E-state index contributed by atoms with van der Waals surface area (Å²) in [6.07, 6.45) is 3.43. The highest BCUT2D eigenvalue weighted by Crippen LogP contribution is 2.17. The number of rotatable bonds is 8. The van der Waals surface area contributed by atoms with Crippen LogP contribution in [0, 0.1) is 0 Å².